The Morgan fingerprint density at radius 2 is 2.50 bits per heavy atom. The Hall–Kier alpha value is -0.830. The van der Waals surface area contributed by atoms with E-state index in [-0.39, 0.29) is 0 Å². The van der Waals surface area contributed by atoms with Crippen LogP contribution in [0.5, 0.6) is 0 Å². The lowest BCUT2D eigenvalue weighted by Gasteiger charge is -2.26. The molecule has 0 radical (unpaired) electrons. The van der Waals surface area contributed by atoms with E-state index in [1.165, 1.54) is 12.0 Å². The highest BCUT2D eigenvalue weighted by Gasteiger charge is 2.28. The maximum absolute atomic E-state index is 5.22. The molecule has 1 heterocycles. The van der Waals surface area contributed by atoms with Gasteiger partial charge in [0, 0.05) is 5.56 Å². The fourth-order valence-electron chi connectivity index (χ4n) is 1.94. The van der Waals surface area contributed by atoms with E-state index in [2.05, 4.69) is 17.4 Å². The summed E-state index contributed by atoms with van der Waals surface area (Å²) in [5, 5.41) is 7.08. The van der Waals surface area contributed by atoms with Crippen LogP contribution < -0.4 is 5.32 Å². The molecule has 0 bridgehead atoms. The third-order valence-electron chi connectivity index (χ3n) is 2.71. The molecule has 2 unspecified atom stereocenters. The van der Waals surface area contributed by atoms with Crippen LogP contribution in [0.15, 0.2) is 10.7 Å². The summed E-state index contributed by atoms with van der Waals surface area (Å²) in [4.78, 5) is 0. The van der Waals surface area contributed by atoms with Gasteiger partial charge in [-0.3, -0.25) is 0 Å². The molecule has 2 atom stereocenters. The predicted molar refractivity (Wildman–Crippen MR) is 45.8 cm³/mol. The summed E-state index contributed by atoms with van der Waals surface area (Å²) in [6, 6.07) is 0.358. The largest absolute Gasteiger partial charge is 0.359 e. The summed E-state index contributed by atoms with van der Waals surface area (Å²) in [5.41, 5.74) is 1.27. The first-order valence-electron chi connectivity index (χ1n) is 4.43. The van der Waals surface area contributed by atoms with Crippen LogP contribution in [-0.4, -0.2) is 12.2 Å². The third-order valence-corrected chi connectivity index (χ3v) is 2.71. The maximum atomic E-state index is 5.22. The van der Waals surface area contributed by atoms with Crippen molar-refractivity contribution in [2.75, 3.05) is 7.05 Å². The lowest BCUT2D eigenvalue weighted by atomic mass is 9.86. The molecule has 66 valence electrons. The van der Waals surface area contributed by atoms with Crippen molar-refractivity contribution in [3.8, 4) is 0 Å². The molecule has 1 aliphatic rings. The lowest BCUT2D eigenvalue weighted by molar-refractivity contribution is 0.273. The Labute approximate surface area is 72.1 Å². The van der Waals surface area contributed by atoms with Crippen molar-refractivity contribution in [1.29, 1.82) is 0 Å². The number of nitrogens with one attached hydrogen (secondary N) is 1. The molecule has 3 heteroatoms. The molecule has 0 aliphatic heterocycles. The van der Waals surface area contributed by atoms with Crippen LogP contribution in [0.4, 0.5) is 0 Å². The molecule has 0 amide bonds. The molecule has 1 aromatic rings. The summed E-state index contributed by atoms with van der Waals surface area (Å²) in [6.45, 7) is 2.24. The molecule has 12 heavy (non-hydrogen) atoms. The second kappa shape index (κ2) is 2.90. The van der Waals surface area contributed by atoms with E-state index >= 15 is 0 Å². The van der Waals surface area contributed by atoms with Gasteiger partial charge < -0.3 is 9.84 Å². The number of aromatic nitrogens is 1. The van der Waals surface area contributed by atoms with Crippen molar-refractivity contribution in [3.05, 3.63) is 17.5 Å². The van der Waals surface area contributed by atoms with Crippen molar-refractivity contribution in [2.24, 2.45) is 5.92 Å². The van der Waals surface area contributed by atoms with Gasteiger partial charge in [-0.05, 0) is 25.8 Å². The van der Waals surface area contributed by atoms with Gasteiger partial charge in [0.05, 0.1) is 12.2 Å². The van der Waals surface area contributed by atoms with E-state index in [1.54, 1.807) is 0 Å². The molecule has 0 spiro atoms. The van der Waals surface area contributed by atoms with Crippen LogP contribution in [0.25, 0.3) is 0 Å². The molecule has 0 saturated heterocycles. The van der Waals surface area contributed by atoms with Crippen molar-refractivity contribution < 1.29 is 4.52 Å². The van der Waals surface area contributed by atoms with Crippen molar-refractivity contribution >= 4 is 0 Å². The SMILES string of the molecule is CNC1c2oncc2CCC1C. The second-order valence-electron chi connectivity index (χ2n) is 3.50. The Balaban J connectivity index is 2.34. The van der Waals surface area contributed by atoms with Crippen molar-refractivity contribution in [2.45, 2.75) is 25.8 Å². The topological polar surface area (TPSA) is 38.1 Å². The molecule has 0 saturated carbocycles. The number of fused-ring (bicyclic) bond motifs is 1. The lowest BCUT2D eigenvalue weighted by Crippen LogP contribution is -2.27. The normalized spacial score (nSPS) is 28.5. The van der Waals surface area contributed by atoms with Crippen LogP contribution in [0.1, 0.15) is 30.7 Å². The first kappa shape index (κ1) is 7.80. The van der Waals surface area contributed by atoms with Crippen LogP contribution in [0.3, 0.4) is 0 Å². The number of hydrogen-bond donors (Lipinski definition) is 1. The smallest absolute Gasteiger partial charge is 0.157 e. The molecule has 2 rings (SSSR count). The minimum Gasteiger partial charge on any atom is -0.359 e. The van der Waals surface area contributed by atoms with Crippen LogP contribution in [0, 0.1) is 5.92 Å². The van der Waals surface area contributed by atoms with Crippen LogP contribution in [-0.2, 0) is 6.42 Å². The van der Waals surface area contributed by atoms with Gasteiger partial charge in [-0.25, -0.2) is 0 Å². The fraction of sp³-hybridized carbons (Fsp3) is 0.667. The molecular formula is C9H14N2O. The third kappa shape index (κ3) is 1.05. The Kier molecular flexibility index (Phi) is 1.89. The number of aryl methyl sites for hydroxylation is 1. The molecular weight excluding hydrogens is 152 g/mol. The Morgan fingerprint density at radius 1 is 1.67 bits per heavy atom. The van der Waals surface area contributed by atoms with Gasteiger partial charge in [0.15, 0.2) is 5.76 Å². The Bertz CT molecular complexity index is 269. The van der Waals surface area contributed by atoms with E-state index in [0.29, 0.717) is 12.0 Å². The second-order valence-corrected chi connectivity index (χ2v) is 3.50. The average molecular weight is 166 g/mol. The summed E-state index contributed by atoms with van der Waals surface area (Å²) in [5.74, 6) is 1.69. The summed E-state index contributed by atoms with van der Waals surface area (Å²) in [7, 11) is 1.97. The Morgan fingerprint density at radius 3 is 3.25 bits per heavy atom. The molecule has 0 aromatic carbocycles. The van der Waals surface area contributed by atoms with E-state index in [4.69, 9.17) is 4.52 Å². The monoisotopic (exact) mass is 166 g/mol. The number of hydrogen-bond acceptors (Lipinski definition) is 3. The molecule has 1 aliphatic carbocycles. The number of nitrogens with zero attached hydrogens (tertiary/aromatic N) is 1. The number of rotatable bonds is 1. The summed E-state index contributed by atoms with van der Waals surface area (Å²) >= 11 is 0. The van der Waals surface area contributed by atoms with Gasteiger partial charge in [-0.2, -0.15) is 0 Å². The molecule has 1 aromatic heterocycles. The van der Waals surface area contributed by atoms with Gasteiger partial charge in [-0.1, -0.05) is 12.1 Å². The van der Waals surface area contributed by atoms with E-state index in [0.717, 1.165) is 12.2 Å². The highest BCUT2D eigenvalue weighted by molar-refractivity contribution is 5.21. The predicted octanol–water partition coefficient (Wildman–Crippen LogP) is 1.52. The minimum absolute atomic E-state index is 0.358. The van der Waals surface area contributed by atoms with E-state index in [1.807, 2.05) is 13.2 Å². The minimum atomic E-state index is 0.358. The van der Waals surface area contributed by atoms with Gasteiger partial charge in [0.1, 0.15) is 0 Å². The van der Waals surface area contributed by atoms with E-state index in [9.17, 15) is 0 Å². The average Bonchev–Trinajstić information content (AvgIpc) is 2.52. The van der Waals surface area contributed by atoms with Crippen molar-refractivity contribution in [3.63, 3.8) is 0 Å². The zero-order valence-electron chi connectivity index (χ0n) is 7.50. The van der Waals surface area contributed by atoms with Gasteiger partial charge in [0.25, 0.3) is 0 Å². The first-order chi connectivity index (χ1) is 5.83. The van der Waals surface area contributed by atoms with Gasteiger partial charge in [0.2, 0.25) is 0 Å². The zero-order valence-corrected chi connectivity index (χ0v) is 7.50. The standard InChI is InChI=1S/C9H14N2O/c1-6-3-4-7-5-11-12-9(7)8(6)10-2/h5-6,8,10H,3-4H2,1-2H3. The summed E-state index contributed by atoms with van der Waals surface area (Å²) < 4.78 is 5.22. The van der Waals surface area contributed by atoms with Gasteiger partial charge >= 0.3 is 0 Å². The molecule has 1 N–H and O–H groups in total. The molecule has 0 fully saturated rings. The molecule has 3 nitrogen and oxygen atoms in total. The highest BCUT2D eigenvalue weighted by atomic mass is 16.5. The maximum Gasteiger partial charge on any atom is 0.157 e. The highest BCUT2D eigenvalue weighted by Crippen LogP contribution is 2.33. The van der Waals surface area contributed by atoms with Crippen molar-refractivity contribution in [1.82, 2.24) is 10.5 Å². The zero-order chi connectivity index (χ0) is 8.55. The quantitative estimate of drug-likeness (QED) is 0.687. The van der Waals surface area contributed by atoms with Gasteiger partial charge in [-0.15, -0.1) is 0 Å². The van der Waals surface area contributed by atoms with Crippen LogP contribution >= 0.6 is 0 Å². The van der Waals surface area contributed by atoms with Crippen LogP contribution in [0.2, 0.25) is 0 Å². The van der Waals surface area contributed by atoms with E-state index < -0.39 is 0 Å². The first-order valence-corrected chi connectivity index (χ1v) is 4.43. The summed E-state index contributed by atoms with van der Waals surface area (Å²) in [6.07, 6.45) is 4.17. The fourth-order valence-corrected chi connectivity index (χ4v) is 1.94.